The van der Waals surface area contributed by atoms with E-state index in [1.807, 2.05) is 6.07 Å². The molecule has 7 nitrogen and oxygen atoms in total. The molecule has 2 bridgehead atoms. The highest BCUT2D eigenvalue weighted by Gasteiger charge is 2.57. The average Bonchev–Trinajstić information content (AvgIpc) is 3.25. The summed E-state index contributed by atoms with van der Waals surface area (Å²) in [5.41, 5.74) is 0.297. The zero-order valence-electron chi connectivity index (χ0n) is 17.7. The van der Waals surface area contributed by atoms with Gasteiger partial charge in [0.2, 0.25) is 10.0 Å². The molecule has 8 heteroatoms. The maximum atomic E-state index is 12.9. The zero-order valence-corrected chi connectivity index (χ0v) is 18.5. The van der Waals surface area contributed by atoms with Crippen LogP contribution in [0.5, 0.6) is 0 Å². The number of nitrogens with zero attached hydrogens (tertiary/aromatic N) is 3. The number of fused-ring (bicyclic) bond motifs is 2. The Hall–Kier alpha value is -2.06. The van der Waals surface area contributed by atoms with Crippen LogP contribution < -0.4 is 4.72 Å². The zero-order chi connectivity index (χ0) is 21.2. The minimum absolute atomic E-state index is 0.00374. The molecule has 3 saturated carbocycles. The Morgan fingerprint density at radius 3 is 2.70 bits per heavy atom. The van der Waals surface area contributed by atoms with E-state index in [1.54, 1.807) is 24.3 Å². The van der Waals surface area contributed by atoms with Gasteiger partial charge in [-0.25, -0.2) is 13.1 Å². The summed E-state index contributed by atoms with van der Waals surface area (Å²) < 4.78 is 28.9. The maximum Gasteiger partial charge on any atom is 0.240 e. The Labute approximate surface area is 178 Å². The van der Waals surface area contributed by atoms with Gasteiger partial charge in [0, 0.05) is 12.5 Å². The molecular formula is C22H31N5O2S. The highest BCUT2D eigenvalue weighted by molar-refractivity contribution is 7.89. The van der Waals surface area contributed by atoms with E-state index in [9.17, 15) is 8.42 Å². The summed E-state index contributed by atoms with van der Waals surface area (Å²) in [6.07, 6.45) is 10.2. The van der Waals surface area contributed by atoms with Crippen LogP contribution in [-0.4, -0.2) is 35.1 Å². The molecule has 1 heterocycles. The minimum atomic E-state index is -3.49. The van der Waals surface area contributed by atoms with Gasteiger partial charge in [-0.15, -0.1) is 10.2 Å². The lowest BCUT2D eigenvalue weighted by molar-refractivity contribution is -0.116. The van der Waals surface area contributed by atoms with E-state index in [2.05, 4.69) is 51.3 Å². The number of hydrogen-bond donors (Lipinski definition) is 2. The first-order valence-corrected chi connectivity index (χ1v) is 12.3. The molecule has 5 rings (SSSR count). The van der Waals surface area contributed by atoms with Crippen molar-refractivity contribution in [2.45, 2.75) is 63.3 Å². The molecule has 2 N–H and O–H groups in total. The van der Waals surface area contributed by atoms with Crippen molar-refractivity contribution in [3.05, 3.63) is 48.3 Å². The highest BCUT2D eigenvalue weighted by atomic mass is 32.2. The predicted molar refractivity (Wildman–Crippen MR) is 115 cm³/mol. The largest absolute Gasteiger partial charge is 0.240 e. The van der Waals surface area contributed by atoms with E-state index in [0.717, 1.165) is 37.9 Å². The van der Waals surface area contributed by atoms with Crippen molar-refractivity contribution < 1.29 is 8.42 Å². The Bertz CT molecular complexity index is 957. The fourth-order valence-corrected chi connectivity index (χ4v) is 6.63. The number of nitrogens with one attached hydrogen (secondary N) is 2. The van der Waals surface area contributed by atoms with Crippen molar-refractivity contribution in [3.63, 3.8) is 0 Å². The van der Waals surface area contributed by atoms with Crippen LogP contribution >= 0.6 is 0 Å². The van der Waals surface area contributed by atoms with E-state index in [-0.39, 0.29) is 6.04 Å². The lowest BCUT2D eigenvalue weighted by Gasteiger charge is -2.62. The summed E-state index contributed by atoms with van der Waals surface area (Å²) in [4.78, 5) is 0.347. The molecule has 0 unspecified atom stereocenters. The molecule has 30 heavy (non-hydrogen) atoms. The third-order valence-corrected chi connectivity index (χ3v) is 8.72. The molecule has 1 aromatic carbocycles. The Kier molecular flexibility index (Phi) is 6.06. The van der Waals surface area contributed by atoms with Gasteiger partial charge in [0.05, 0.1) is 4.90 Å². The summed E-state index contributed by atoms with van der Waals surface area (Å²) in [6, 6.07) is 8.69. The number of allylic oxidation sites excluding steroid dienone is 2. The molecule has 3 aliphatic carbocycles. The first kappa shape index (κ1) is 21.2. The van der Waals surface area contributed by atoms with E-state index in [0.29, 0.717) is 28.1 Å². The van der Waals surface area contributed by atoms with E-state index < -0.39 is 10.0 Å². The van der Waals surface area contributed by atoms with Crippen molar-refractivity contribution in [1.29, 1.82) is 0 Å². The normalized spacial score (nSPS) is 27.8. The molecule has 0 aliphatic heterocycles. The van der Waals surface area contributed by atoms with Crippen LogP contribution in [0.1, 0.15) is 51.8 Å². The summed E-state index contributed by atoms with van der Waals surface area (Å²) in [5, 5.41) is 14.0. The quantitative estimate of drug-likeness (QED) is 0.469. The third kappa shape index (κ3) is 4.34. The van der Waals surface area contributed by atoms with Crippen LogP contribution in [0, 0.1) is 23.2 Å². The monoisotopic (exact) mass is 429 g/mol. The summed E-state index contributed by atoms with van der Waals surface area (Å²) in [7, 11) is -3.49. The number of aromatic nitrogens is 4. The second-order valence-corrected chi connectivity index (χ2v) is 10.9. The molecule has 1 aromatic heterocycles. The predicted octanol–water partition coefficient (Wildman–Crippen LogP) is 3.50. The highest BCUT2D eigenvalue weighted by Crippen LogP contribution is 2.62. The smallest absolute Gasteiger partial charge is 0.208 e. The molecule has 3 fully saturated rings. The SMILES string of the molecule is CC1(C)[C@H]2C[C@H](NS(=O)(=O)c3ccccc3)[C@@H](C/C=C\CCCc3nn[nH]n3)[C@@H]1C2. The van der Waals surface area contributed by atoms with Crippen molar-refractivity contribution >= 4 is 10.0 Å². The molecule has 0 amide bonds. The van der Waals surface area contributed by atoms with Gasteiger partial charge in [0.25, 0.3) is 0 Å². The number of hydrogen-bond acceptors (Lipinski definition) is 5. The number of sulfonamides is 1. The van der Waals surface area contributed by atoms with Gasteiger partial charge in [-0.2, -0.15) is 5.21 Å². The van der Waals surface area contributed by atoms with Crippen molar-refractivity contribution in [3.8, 4) is 0 Å². The number of tetrazole rings is 1. The van der Waals surface area contributed by atoms with Gasteiger partial charge in [0.1, 0.15) is 0 Å². The second kappa shape index (κ2) is 8.59. The topological polar surface area (TPSA) is 101 Å². The standard InChI is InChI=1S/C22H31N5O2S/c1-22(2)16-14-19(22)18(12-8-3-4-9-13-21-23-26-27-24-21)20(15-16)25-30(28,29)17-10-6-5-7-11-17/h3,5-8,10-11,16,18-20,25H,4,9,12-15H2,1-2H3,(H,23,24,26,27)/b8-3-/t16-,18+,19+,20+/m1/s1. The Balaban J connectivity index is 1.38. The fraction of sp³-hybridized carbons (Fsp3) is 0.591. The van der Waals surface area contributed by atoms with Crippen LogP contribution in [0.15, 0.2) is 47.4 Å². The van der Waals surface area contributed by atoms with E-state index in [4.69, 9.17) is 0 Å². The first-order chi connectivity index (χ1) is 14.4. The van der Waals surface area contributed by atoms with Gasteiger partial charge in [-0.05, 0) is 67.4 Å². The molecule has 0 spiro atoms. The third-order valence-electron chi connectivity index (χ3n) is 7.21. The number of rotatable bonds is 9. The van der Waals surface area contributed by atoms with Crippen LogP contribution in [0.3, 0.4) is 0 Å². The molecule has 4 atom stereocenters. The number of aryl methyl sites for hydroxylation is 1. The average molecular weight is 430 g/mol. The summed E-state index contributed by atoms with van der Waals surface area (Å²) >= 11 is 0. The van der Waals surface area contributed by atoms with E-state index in [1.165, 1.54) is 6.42 Å². The van der Waals surface area contributed by atoms with Crippen molar-refractivity contribution in [2.75, 3.05) is 0 Å². The molecular weight excluding hydrogens is 398 g/mol. The molecule has 162 valence electrons. The molecule has 0 radical (unpaired) electrons. The number of H-pyrrole nitrogens is 1. The second-order valence-electron chi connectivity index (χ2n) is 9.23. The molecule has 0 saturated heterocycles. The molecule has 2 aromatic rings. The maximum absolute atomic E-state index is 12.9. The van der Waals surface area contributed by atoms with Gasteiger partial charge in [-0.3, -0.25) is 0 Å². The molecule has 3 aliphatic rings. The first-order valence-electron chi connectivity index (χ1n) is 10.8. The fourth-order valence-electron chi connectivity index (χ4n) is 5.31. The Morgan fingerprint density at radius 2 is 2.00 bits per heavy atom. The van der Waals surface area contributed by atoms with Crippen LogP contribution in [0.2, 0.25) is 0 Å². The number of aromatic amines is 1. The van der Waals surface area contributed by atoms with Gasteiger partial charge >= 0.3 is 0 Å². The summed E-state index contributed by atoms with van der Waals surface area (Å²) in [6.45, 7) is 4.69. The van der Waals surface area contributed by atoms with Crippen LogP contribution in [-0.2, 0) is 16.4 Å². The van der Waals surface area contributed by atoms with E-state index >= 15 is 0 Å². The lowest BCUT2D eigenvalue weighted by atomic mass is 9.44. The van der Waals surface area contributed by atoms with Crippen molar-refractivity contribution in [1.82, 2.24) is 25.3 Å². The number of unbranched alkanes of at least 4 members (excludes halogenated alkanes) is 1. The van der Waals surface area contributed by atoms with Gasteiger partial charge < -0.3 is 0 Å². The van der Waals surface area contributed by atoms with Gasteiger partial charge in [0.15, 0.2) is 5.82 Å². The van der Waals surface area contributed by atoms with Gasteiger partial charge in [-0.1, -0.05) is 49.4 Å². The summed E-state index contributed by atoms with van der Waals surface area (Å²) in [5.74, 6) is 2.23. The van der Waals surface area contributed by atoms with Crippen molar-refractivity contribution in [2.24, 2.45) is 23.2 Å². The van der Waals surface area contributed by atoms with Crippen LogP contribution in [0.25, 0.3) is 0 Å². The lowest BCUT2D eigenvalue weighted by Crippen LogP contribution is -2.61. The minimum Gasteiger partial charge on any atom is -0.208 e. The number of benzene rings is 1. The Morgan fingerprint density at radius 1 is 1.20 bits per heavy atom. The van der Waals surface area contributed by atoms with Crippen LogP contribution in [0.4, 0.5) is 0 Å².